The van der Waals surface area contributed by atoms with Crippen molar-refractivity contribution in [2.24, 2.45) is 0 Å². The molecule has 0 unspecified atom stereocenters. The second-order valence-electron chi connectivity index (χ2n) is 5.48. The van der Waals surface area contributed by atoms with Gasteiger partial charge in [-0.25, -0.2) is 0 Å². The third-order valence-electron chi connectivity index (χ3n) is 4.30. The number of amides is 1. The van der Waals surface area contributed by atoms with Gasteiger partial charge in [-0.2, -0.15) is 0 Å². The number of benzene rings is 1. The number of fused-ring (bicyclic) bond motifs is 3. The first-order valence-corrected chi connectivity index (χ1v) is 7.67. The van der Waals surface area contributed by atoms with Gasteiger partial charge in [0.1, 0.15) is 5.69 Å². The van der Waals surface area contributed by atoms with Gasteiger partial charge in [-0.1, -0.05) is 31.5 Å². The molecule has 0 bridgehead atoms. The van der Waals surface area contributed by atoms with Crippen LogP contribution in [0.4, 0.5) is 0 Å². The monoisotopic (exact) mass is 270 g/mol. The van der Waals surface area contributed by atoms with Gasteiger partial charge in [-0.3, -0.25) is 4.79 Å². The Morgan fingerprint density at radius 2 is 2.00 bits per heavy atom. The van der Waals surface area contributed by atoms with Crippen molar-refractivity contribution in [1.29, 1.82) is 0 Å². The van der Waals surface area contributed by atoms with Gasteiger partial charge in [0.05, 0.1) is 0 Å². The van der Waals surface area contributed by atoms with Gasteiger partial charge in [0.2, 0.25) is 0 Å². The maximum atomic E-state index is 12.8. The molecule has 3 nitrogen and oxygen atoms in total. The van der Waals surface area contributed by atoms with E-state index in [1.54, 1.807) is 0 Å². The summed E-state index contributed by atoms with van der Waals surface area (Å²) < 4.78 is 2.19. The lowest BCUT2D eigenvalue weighted by atomic mass is 10.0. The van der Waals surface area contributed by atoms with Crippen LogP contribution in [0.5, 0.6) is 0 Å². The van der Waals surface area contributed by atoms with Crippen LogP contribution in [0.3, 0.4) is 0 Å². The first kappa shape index (κ1) is 13.2. The molecule has 0 saturated heterocycles. The van der Waals surface area contributed by atoms with Gasteiger partial charge >= 0.3 is 0 Å². The smallest absolute Gasteiger partial charge is 0.270 e. The second-order valence-corrected chi connectivity index (χ2v) is 5.48. The standard InChI is InChI=1S/C17H22N2O/c1-3-5-11-18-12-10-14-13-8-6-7-9-15(13)19(4-2)16(14)17(18)20/h6-9H,3-5,10-12H2,1-2H3. The quantitative estimate of drug-likeness (QED) is 0.835. The Morgan fingerprint density at radius 1 is 1.20 bits per heavy atom. The number of carbonyl (C=O) groups is 1. The van der Waals surface area contributed by atoms with E-state index in [1.807, 2.05) is 4.90 Å². The third-order valence-corrected chi connectivity index (χ3v) is 4.30. The topological polar surface area (TPSA) is 25.2 Å². The Morgan fingerprint density at radius 3 is 2.75 bits per heavy atom. The zero-order chi connectivity index (χ0) is 14.1. The van der Waals surface area contributed by atoms with Gasteiger partial charge in [0.25, 0.3) is 5.91 Å². The van der Waals surface area contributed by atoms with Crippen LogP contribution in [0.1, 0.15) is 42.7 Å². The first-order valence-electron chi connectivity index (χ1n) is 7.67. The zero-order valence-corrected chi connectivity index (χ0v) is 12.4. The van der Waals surface area contributed by atoms with E-state index >= 15 is 0 Å². The van der Waals surface area contributed by atoms with E-state index in [4.69, 9.17) is 0 Å². The predicted octanol–water partition coefficient (Wildman–Crippen LogP) is 3.46. The minimum Gasteiger partial charge on any atom is -0.337 e. The van der Waals surface area contributed by atoms with E-state index in [0.717, 1.165) is 44.6 Å². The van der Waals surface area contributed by atoms with Gasteiger partial charge in [0, 0.05) is 30.5 Å². The number of hydrogen-bond acceptors (Lipinski definition) is 1. The number of aromatic nitrogens is 1. The summed E-state index contributed by atoms with van der Waals surface area (Å²) in [6.07, 6.45) is 3.21. The number of carbonyl (C=O) groups excluding carboxylic acids is 1. The molecular formula is C17H22N2O. The molecule has 0 N–H and O–H groups in total. The number of unbranched alkanes of at least 4 members (excludes halogenated alkanes) is 1. The summed E-state index contributed by atoms with van der Waals surface area (Å²) in [5.74, 6) is 0.220. The minimum absolute atomic E-state index is 0.220. The molecule has 1 aromatic carbocycles. The highest BCUT2D eigenvalue weighted by molar-refractivity contribution is 6.02. The maximum absolute atomic E-state index is 12.8. The molecule has 0 aliphatic carbocycles. The number of hydrogen-bond donors (Lipinski definition) is 0. The first-order chi connectivity index (χ1) is 9.77. The van der Waals surface area contributed by atoms with Crippen molar-refractivity contribution in [2.45, 2.75) is 39.7 Å². The van der Waals surface area contributed by atoms with Crippen molar-refractivity contribution in [3.63, 3.8) is 0 Å². The summed E-state index contributed by atoms with van der Waals surface area (Å²) in [4.78, 5) is 14.8. The fourth-order valence-corrected chi connectivity index (χ4v) is 3.26. The Labute approximate surface area is 120 Å². The van der Waals surface area contributed by atoms with Crippen LogP contribution in [-0.2, 0) is 13.0 Å². The Hall–Kier alpha value is -1.77. The normalized spacial score (nSPS) is 14.9. The fraction of sp³-hybridized carbons (Fsp3) is 0.471. The van der Waals surface area contributed by atoms with Crippen molar-refractivity contribution < 1.29 is 4.79 Å². The molecule has 1 aliphatic heterocycles. The lowest BCUT2D eigenvalue weighted by Crippen LogP contribution is -2.39. The Bertz CT molecular complexity index is 609. The minimum atomic E-state index is 0.220. The van der Waals surface area contributed by atoms with Crippen LogP contribution in [0.2, 0.25) is 0 Å². The predicted molar refractivity (Wildman–Crippen MR) is 82.1 cm³/mol. The molecule has 0 spiro atoms. The molecule has 20 heavy (non-hydrogen) atoms. The van der Waals surface area contributed by atoms with Crippen molar-refractivity contribution in [2.75, 3.05) is 13.1 Å². The van der Waals surface area contributed by atoms with Crippen LogP contribution >= 0.6 is 0 Å². The molecule has 3 rings (SSSR count). The van der Waals surface area contributed by atoms with Crippen molar-refractivity contribution in [1.82, 2.24) is 9.47 Å². The summed E-state index contributed by atoms with van der Waals surface area (Å²) in [7, 11) is 0. The lowest BCUT2D eigenvalue weighted by Gasteiger charge is -2.28. The van der Waals surface area contributed by atoms with E-state index < -0.39 is 0 Å². The average Bonchev–Trinajstić information content (AvgIpc) is 2.81. The highest BCUT2D eigenvalue weighted by atomic mass is 16.2. The maximum Gasteiger partial charge on any atom is 0.270 e. The molecule has 0 atom stereocenters. The van der Waals surface area contributed by atoms with E-state index in [1.165, 1.54) is 16.5 Å². The Kier molecular flexibility index (Phi) is 3.51. The lowest BCUT2D eigenvalue weighted by molar-refractivity contribution is 0.0726. The summed E-state index contributed by atoms with van der Waals surface area (Å²) >= 11 is 0. The van der Waals surface area contributed by atoms with Crippen LogP contribution in [0, 0.1) is 0 Å². The van der Waals surface area contributed by atoms with Crippen molar-refractivity contribution >= 4 is 16.8 Å². The summed E-state index contributed by atoms with van der Waals surface area (Å²) in [6.45, 7) is 6.89. The second kappa shape index (κ2) is 5.31. The SMILES string of the molecule is CCCCN1CCc2c(n(CC)c3ccccc23)C1=O. The highest BCUT2D eigenvalue weighted by Gasteiger charge is 2.29. The van der Waals surface area contributed by atoms with Crippen LogP contribution in [-0.4, -0.2) is 28.5 Å². The van der Waals surface area contributed by atoms with Gasteiger partial charge in [-0.05, 0) is 31.4 Å². The molecule has 2 aromatic rings. The van der Waals surface area contributed by atoms with Gasteiger partial charge in [-0.15, -0.1) is 0 Å². The summed E-state index contributed by atoms with van der Waals surface area (Å²) in [6, 6.07) is 8.39. The molecule has 106 valence electrons. The molecule has 1 amide bonds. The molecule has 3 heteroatoms. The summed E-state index contributed by atoms with van der Waals surface area (Å²) in [5.41, 5.74) is 3.38. The Balaban J connectivity index is 2.09. The van der Waals surface area contributed by atoms with Crippen LogP contribution in [0.15, 0.2) is 24.3 Å². The van der Waals surface area contributed by atoms with Gasteiger partial charge < -0.3 is 9.47 Å². The van der Waals surface area contributed by atoms with E-state index in [-0.39, 0.29) is 5.91 Å². The van der Waals surface area contributed by atoms with Crippen LogP contribution < -0.4 is 0 Å². The zero-order valence-electron chi connectivity index (χ0n) is 12.4. The number of rotatable bonds is 4. The molecular weight excluding hydrogens is 248 g/mol. The summed E-state index contributed by atoms with van der Waals surface area (Å²) in [5, 5.41) is 1.26. The molecule has 2 heterocycles. The highest BCUT2D eigenvalue weighted by Crippen LogP contribution is 2.30. The van der Waals surface area contributed by atoms with E-state index in [9.17, 15) is 4.79 Å². The number of para-hydroxylation sites is 1. The average molecular weight is 270 g/mol. The number of nitrogens with zero attached hydrogens (tertiary/aromatic N) is 2. The fourth-order valence-electron chi connectivity index (χ4n) is 3.26. The largest absolute Gasteiger partial charge is 0.337 e. The van der Waals surface area contributed by atoms with E-state index in [0.29, 0.717) is 0 Å². The van der Waals surface area contributed by atoms with E-state index in [2.05, 4.69) is 42.7 Å². The van der Waals surface area contributed by atoms with Crippen LogP contribution in [0.25, 0.3) is 10.9 Å². The number of aryl methyl sites for hydroxylation is 1. The molecule has 1 aromatic heterocycles. The van der Waals surface area contributed by atoms with Gasteiger partial charge in [0.15, 0.2) is 0 Å². The molecule has 1 aliphatic rings. The molecule has 0 fully saturated rings. The van der Waals surface area contributed by atoms with Crippen molar-refractivity contribution in [3.8, 4) is 0 Å². The third kappa shape index (κ3) is 1.92. The molecule has 0 saturated carbocycles. The molecule has 0 radical (unpaired) electrons. The van der Waals surface area contributed by atoms with Crippen molar-refractivity contribution in [3.05, 3.63) is 35.5 Å².